The molecule has 6 nitrogen and oxygen atoms in total. The molecule has 0 fully saturated rings. The van der Waals surface area contributed by atoms with E-state index in [0.717, 1.165) is 39.6 Å². The molecule has 6 aromatic rings. The van der Waals surface area contributed by atoms with Crippen molar-refractivity contribution in [1.29, 1.82) is 0 Å². The summed E-state index contributed by atoms with van der Waals surface area (Å²) in [6.07, 6.45) is 7.61. The molecule has 246 valence electrons. The van der Waals surface area contributed by atoms with Crippen molar-refractivity contribution in [1.82, 2.24) is 14.8 Å². The van der Waals surface area contributed by atoms with Crippen molar-refractivity contribution in [2.75, 3.05) is 9.80 Å². The van der Waals surface area contributed by atoms with E-state index in [9.17, 15) is 0 Å². The molecule has 4 aromatic carbocycles. The molecule has 1 aliphatic heterocycles. The SMILES string of the molecule is CC(C)(C)c1ccc(N2[CH-]N(c3[c-]c(Oc4[c-]c(-n5cc(-c6ccccc6)cn5)ccc4)ccc3)c3cnccc32)c(C(C)(C)C)c1.[Pt]. The van der Waals surface area contributed by atoms with E-state index >= 15 is 0 Å². The number of benzene rings is 4. The first-order valence-corrected chi connectivity index (χ1v) is 15.9. The van der Waals surface area contributed by atoms with Gasteiger partial charge in [-0.2, -0.15) is 17.2 Å². The molecule has 7 heteroatoms. The minimum Gasteiger partial charge on any atom is -0.509 e. The van der Waals surface area contributed by atoms with E-state index in [2.05, 4.69) is 117 Å². The molecular formula is C41H38N5OPt-3. The van der Waals surface area contributed by atoms with Crippen LogP contribution < -0.4 is 14.5 Å². The number of pyridine rings is 1. The van der Waals surface area contributed by atoms with Gasteiger partial charge in [0.2, 0.25) is 0 Å². The molecule has 0 atom stereocenters. The number of fused-ring (bicyclic) bond motifs is 1. The smallest absolute Gasteiger partial charge is 0.0571 e. The van der Waals surface area contributed by atoms with Crippen LogP contribution in [0.4, 0.5) is 22.7 Å². The van der Waals surface area contributed by atoms with E-state index in [1.54, 1.807) is 0 Å². The van der Waals surface area contributed by atoms with Crippen LogP contribution in [0.15, 0.2) is 116 Å². The summed E-state index contributed by atoms with van der Waals surface area (Å²) in [6, 6.07) is 37.7. The minimum atomic E-state index is -0.0603. The Balaban J connectivity index is 0.00000401. The van der Waals surface area contributed by atoms with Crippen LogP contribution >= 0.6 is 0 Å². The number of hydrogen-bond donors (Lipinski definition) is 0. The van der Waals surface area contributed by atoms with Crippen LogP contribution in [-0.4, -0.2) is 14.8 Å². The Kier molecular flexibility index (Phi) is 9.06. The van der Waals surface area contributed by atoms with Crippen LogP contribution in [-0.2, 0) is 31.9 Å². The summed E-state index contributed by atoms with van der Waals surface area (Å²) in [5.41, 5.74) is 9.57. The van der Waals surface area contributed by atoms with Gasteiger partial charge < -0.3 is 14.5 Å². The van der Waals surface area contributed by atoms with Gasteiger partial charge in [-0.3, -0.25) is 9.67 Å². The molecule has 0 spiro atoms. The number of aromatic nitrogens is 3. The molecule has 1 aliphatic rings. The van der Waals surface area contributed by atoms with Crippen molar-refractivity contribution in [3.63, 3.8) is 0 Å². The monoisotopic (exact) mass is 811 g/mol. The Labute approximate surface area is 298 Å². The standard InChI is InChI=1S/C41H38N5O.Pt/c1-40(2,3)31-18-19-37(36(22-31)41(4,5)6)45-28-44(39-26-42-21-20-38(39)45)32-14-10-16-34(23-32)47-35-17-11-15-33(24-35)46-27-30(25-43-46)29-12-8-7-9-13-29;/h7-22,25-28H,1-6H3;/q-3;. The zero-order chi connectivity index (χ0) is 32.8. The van der Waals surface area contributed by atoms with Crippen molar-refractivity contribution < 1.29 is 25.8 Å². The van der Waals surface area contributed by atoms with Crippen molar-refractivity contribution >= 4 is 22.7 Å². The average Bonchev–Trinajstić information content (AvgIpc) is 3.71. The van der Waals surface area contributed by atoms with Gasteiger partial charge in [-0.05, 0) is 45.3 Å². The van der Waals surface area contributed by atoms with Gasteiger partial charge in [-0.1, -0.05) is 84.0 Å². The maximum absolute atomic E-state index is 6.32. The summed E-state index contributed by atoms with van der Waals surface area (Å²) in [6.45, 7) is 15.7. The van der Waals surface area contributed by atoms with Gasteiger partial charge in [0.25, 0.3) is 0 Å². The fourth-order valence-electron chi connectivity index (χ4n) is 5.82. The second-order valence-corrected chi connectivity index (χ2v) is 13.9. The van der Waals surface area contributed by atoms with Gasteiger partial charge >= 0.3 is 0 Å². The molecule has 48 heavy (non-hydrogen) atoms. The van der Waals surface area contributed by atoms with Crippen LogP contribution in [0.2, 0.25) is 0 Å². The van der Waals surface area contributed by atoms with E-state index in [0.29, 0.717) is 11.5 Å². The Morgan fingerprint density at radius 2 is 1.35 bits per heavy atom. The van der Waals surface area contributed by atoms with Crippen molar-refractivity contribution in [2.24, 2.45) is 0 Å². The summed E-state index contributed by atoms with van der Waals surface area (Å²) in [5, 5.41) is 4.57. The second-order valence-electron chi connectivity index (χ2n) is 13.9. The number of anilines is 4. The van der Waals surface area contributed by atoms with E-state index < -0.39 is 0 Å². The number of ether oxygens (including phenoxy) is 1. The molecule has 3 heterocycles. The minimum absolute atomic E-state index is 0. The first-order chi connectivity index (χ1) is 22.5. The zero-order valence-electron chi connectivity index (χ0n) is 28.0. The fraction of sp³-hybridized carbons (Fsp3) is 0.195. The molecule has 0 amide bonds. The fourth-order valence-corrected chi connectivity index (χ4v) is 5.82. The second kappa shape index (κ2) is 13.1. The molecule has 0 N–H and O–H groups in total. The molecule has 0 unspecified atom stereocenters. The van der Waals surface area contributed by atoms with Crippen LogP contribution in [0.5, 0.6) is 11.5 Å². The number of rotatable bonds is 6. The summed E-state index contributed by atoms with van der Waals surface area (Å²) < 4.78 is 8.13. The summed E-state index contributed by atoms with van der Waals surface area (Å²) in [4.78, 5) is 8.86. The molecule has 0 bridgehead atoms. The van der Waals surface area contributed by atoms with Crippen LogP contribution in [0.25, 0.3) is 16.8 Å². The van der Waals surface area contributed by atoms with Gasteiger partial charge in [-0.15, -0.1) is 48.8 Å². The third kappa shape index (κ3) is 6.68. The first-order valence-electron chi connectivity index (χ1n) is 15.9. The van der Waals surface area contributed by atoms with Crippen molar-refractivity contribution in [2.45, 2.75) is 52.4 Å². The van der Waals surface area contributed by atoms with Gasteiger partial charge in [0.1, 0.15) is 0 Å². The van der Waals surface area contributed by atoms with Gasteiger partial charge in [0.05, 0.1) is 11.9 Å². The molecular weight excluding hydrogens is 774 g/mol. The summed E-state index contributed by atoms with van der Waals surface area (Å²) >= 11 is 0. The normalized spacial score (nSPS) is 12.9. The summed E-state index contributed by atoms with van der Waals surface area (Å²) in [7, 11) is 0. The molecule has 2 aromatic heterocycles. The van der Waals surface area contributed by atoms with E-state index in [1.165, 1.54) is 11.1 Å². The number of nitrogens with zero attached hydrogens (tertiary/aromatic N) is 5. The van der Waals surface area contributed by atoms with E-state index in [1.807, 2.05) is 84.1 Å². The van der Waals surface area contributed by atoms with Gasteiger partial charge in [0, 0.05) is 68.1 Å². The molecule has 0 saturated carbocycles. The van der Waals surface area contributed by atoms with Gasteiger partial charge in [-0.25, -0.2) is 0 Å². The predicted molar refractivity (Wildman–Crippen MR) is 190 cm³/mol. The average molecular weight is 812 g/mol. The summed E-state index contributed by atoms with van der Waals surface area (Å²) in [5.74, 6) is 1.17. The van der Waals surface area contributed by atoms with Crippen LogP contribution in [0.1, 0.15) is 52.7 Å². The van der Waals surface area contributed by atoms with Crippen LogP contribution in [0, 0.1) is 18.8 Å². The Morgan fingerprint density at radius 3 is 2.06 bits per heavy atom. The first kappa shape index (κ1) is 33.2. The molecule has 0 saturated heterocycles. The van der Waals surface area contributed by atoms with Crippen molar-refractivity contribution in [3.8, 4) is 28.3 Å². The van der Waals surface area contributed by atoms with E-state index in [4.69, 9.17) is 4.74 Å². The Morgan fingerprint density at radius 1 is 0.646 bits per heavy atom. The zero-order valence-corrected chi connectivity index (χ0v) is 30.3. The Bertz CT molecular complexity index is 2040. The predicted octanol–water partition coefficient (Wildman–Crippen LogP) is 10.3. The third-order valence-electron chi connectivity index (χ3n) is 8.38. The molecule has 7 rings (SSSR count). The van der Waals surface area contributed by atoms with Gasteiger partial charge in [0.15, 0.2) is 0 Å². The third-order valence-corrected chi connectivity index (χ3v) is 8.38. The van der Waals surface area contributed by atoms with Crippen molar-refractivity contribution in [3.05, 3.63) is 146 Å². The molecule has 0 aliphatic carbocycles. The number of hydrogen-bond acceptors (Lipinski definition) is 5. The Hall–Kier alpha value is -4.67. The maximum Gasteiger partial charge on any atom is 0.0571 e. The van der Waals surface area contributed by atoms with E-state index in [-0.39, 0.29) is 31.9 Å². The quantitative estimate of drug-likeness (QED) is 0.157. The van der Waals surface area contributed by atoms with Crippen LogP contribution in [0.3, 0.4) is 0 Å². The maximum atomic E-state index is 6.32. The topological polar surface area (TPSA) is 46.4 Å². The molecule has 0 radical (unpaired) electrons. The largest absolute Gasteiger partial charge is 0.509 e.